The Morgan fingerprint density at radius 1 is 1.63 bits per heavy atom. The summed E-state index contributed by atoms with van der Waals surface area (Å²) in [4.78, 5) is 22.4. The van der Waals surface area contributed by atoms with E-state index in [0.717, 1.165) is 12.0 Å². The molecular weight excluding hydrogens is 246 g/mol. The number of aromatic nitrogens is 4. The number of H-pyrrole nitrogens is 1. The minimum atomic E-state index is -0.335. The number of anilines is 1. The van der Waals surface area contributed by atoms with Crippen molar-refractivity contribution in [2.75, 3.05) is 12.3 Å². The van der Waals surface area contributed by atoms with E-state index in [0.29, 0.717) is 5.65 Å². The van der Waals surface area contributed by atoms with Gasteiger partial charge in [0.25, 0.3) is 5.56 Å². The average Bonchev–Trinajstić information content (AvgIpc) is 2.92. The SMILES string of the molecule is CC1=C[C@H](n2cnc3c(=O)[nH]c(N)nc32)C[C@@H]1CO. The lowest BCUT2D eigenvalue weighted by Gasteiger charge is -2.12. The van der Waals surface area contributed by atoms with Crippen LogP contribution in [0, 0.1) is 5.92 Å². The Balaban J connectivity index is 2.10. The lowest BCUT2D eigenvalue weighted by atomic mass is 10.0. The van der Waals surface area contributed by atoms with Gasteiger partial charge in [0.1, 0.15) is 0 Å². The Kier molecular flexibility index (Phi) is 2.63. The Labute approximate surface area is 108 Å². The molecule has 0 bridgehead atoms. The second-order valence-corrected chi connectivity index (χ2v) is 4.87. The highest BCUT2D eigenvalue weighted by molar-refractivity contribution is 5.70. The predicted octanol–water partition coefficient (Wildman–Crippen LogP) is 0.201. The number of rotatable bonds is 2. The first-order chi connectivity index (χ1) is 9.10. The van der Waals surface area contributed by atoms with Crippen molar-refractivity contribution in [3.8, 4) is 0 Å². The molecule has 0 saturated carbocycles. The molecular formula is C12H15N5O2. The van der Waals surface area contributed by atoms with E-state index in [-0.39, 0.29) is 35.6 Å². The second-order valence-electron chi connectivity index (χ2n) is 4.87. The Morgan fingerprint density at radius 2 is 2.42 bits per heavy atom. The summed E-state index contributed by atoms with van der Waals surface area (Å²) < 4.78 is 1.83. The van der Waals surface area contributed by atoms with Crippen molar-refractivity contribution in [3.05, 3.63) is 28.3 Å². The molecule has 2 aromatic rings. The van der Waals surface area contributed by atoms with E-state index < -0.39 is 0 Å². The maximum atomic E-state index is 11.7. The first-order valence-corrected chi connectivity index (χ1v) is 6.11. The molecule has 0 fully saturated rings. The average molecular weight is 261 g/mol. The largest absolute Gasteiger partial charge is 0.396 e. The highest BCUT2D eigenvalue weighted by atomic mass is 16.3. The van der Waals surface area contributed by atoms with Crippen LogP contribution in [0.4, 0.5) is 5.95 Å². The van der Waals surface area contributed by atoms with Crippen LogP contribution in [-0.4, -0.2) is 31.2 Å². The van der Waals surface area contributed by atoms with Crippen molar-refractivity contribution in [2.45, 2.75) is 19.4 Å². The fourth-order valence-corrected chi connectivity index (χ4v) is 2.58. The van der Waals surface area contributed by atoms with Gasteiger partial charge in [0.15, 0.2) is 11.2 Å². The van der Waals surface area contributed by atoms with Gasteiger partial charge in [-0.2, -0.15) is 4.98 Å². The van der Waals surface area contributed by atoms with E-state index >= 15 is 0 Å². The quantitative estimate of drug-likeness (QED) is 0.669. The molecule has 7 heteroatoms. The fourth-order valence-electron chi connectivity index (χ4n) is 2.58. The van der Waals surface area contributed by atoms with Crippen LogP contribution in [-0.2, 0) is 0 Å². The molecule has 3 rings (SSSR count). The van der Waals surface area contributed by atoms with Crippen molar-refractivity contribution in [1.29, 1.82) is 0 Å². The van der Waals surface area contributed by atoms with Crippen molar-refractivity contribution < 1.29 is 5.11 Å². The molecule has 100 valence electrons. The molecule has 0 amide bonds. The zero-order valence-electron chi connectivity index (χ0n) is 10.5. The van der Waals surface area contributed by atoms with Crippen LogP contribution < -0.4 is 11.3 Å². The minimum Gasteiger partial charge on any atom is -0.396 e. The van der Waals surface area contributed by atoms with Gasteiger partial charge in [0, 0.05) is 12.5 Å². The molecule has 0 aromatic carbocycles. The Hall–Kier alpha value is -2.15. The van der Waals surface area contributed by atoms with Gasteiger partial charge in [0.2, 0.25) is 5.95 Å². The van der Waals surface area contributed by atoms with E-state index in [1.807, 2.05) is 11.5 Å². The smallest absolute Gasteiger partial charge is 0.280 e. The number of hydrogen-bond acceptors (Lipinski definition) is 5. The summed E-state index contributed by atoms with van der Waals surface area (Å²) in [7, 11) is 0. The molecule has 2 heterocycles. The number of aliphatic hydroxyl groups is 1. The van der Waals surface area contributed by atoms with Crippen LogP contribution in [0.2, 0.25) is 0 Å². The molecule has 0 spiro atoms. The lowest BCUT2D eigenvalue weighted by Crippen LogP contribution is -2.13. The second kappa shape index (κ2) is 4.20. The summed E-state index contributed by atoms with van der Waals surface area (Å²) in [5.41, 5.74) is 7.15. The van der Waals surface area contributed by atoms with Crippen LogP contribution in [0.5, 0.6) is 0 Å². The molecule has 4 N–H and O–H groups in total. The number of nitrogen functional groups attached to an aromatic ring is 1. The highest BCUT2D eigenvalue weighted by Gasteiger charge is 2.26. The lowest BCUT2D eigenvalue weighted by molar-refractivity contribution is 0.239. The van der Waals surface area contributed by atoms with Gasteiger partial charge in [0.05, 0.1) is 12.4 Å². The molecule has 1 aliphatic rings. The van der Waals surface area contributed by atoms with Gasteiger partial charge in [-0.3, -0.25) is 9.78 Å². The number of fused-ring (bicyclic) bond motifs is 1. The van der Waals surface area contributed by atoms with Gasteiger partial charge < -0.3 is 15.4 Å². The summed E-state index contributed by atoms with van der Waals surface area (Å²) >= 11 is 0. The zero-order valence-corrected chi connectivity index (χ0v) is 10.5. The normalized spacial score (nSPS) is 22.9. The highest BCUT2D eigenvalue weighted by Crippen LogP contribution is 2.34. The Bertz CT molecular complexity index is 714. The summed E-state index contributed by atoms with van der Waals surface area (Å²) in [6, 6.07) is 0.0517. The number of aromatic amines is 1. The molecule has 0 radical (unpaired) electrons. The van der Waals surface area contributed by atoms with E-state index in [2.05, 4.69) is 21.0 Å². The zero-order chi connectivity index (χ0) is 13.6. The maximum Gasteiger partial charge on any atom is 0.280 e. The van der Waals surface area contributed by atoms with Crippen molar-refractivity contribution in [3.63, 3.8) is 0 Å². The van der Waals surface area contributed by atoms with Crippen molar-refractivity contribution >= 4 is 17.1 Å². The number of aliphatic hydroxyl groups excluding tert-OH is 1. The number of nitrogens with zero attached hydrogens (tertiary/aromatic N) is 3. The van der Waals surface area contributed by atoms with E-state index in [1.54, 1.807) is 6.33 Å². The van der Waals surface area contributed by atoms with Crippen molar-refractivity contribution in [2.24, 2.45) is 5.92 Å². The minimum absolute atomic E-state index is 0.0517. The summed E-state index contributed by atoms with van der Waals surface area (Å²) in [5.74, 6) is 0.235. The van der Waals surface area contributed by atoms with Crippen LogP contribution in [0.15, 0.2) is 22.8 Å². The van der Waals surface area contributed by atoms with E-state index in [9.17, 15) is 9.90 Å². The van der Waals surface area contributed by atoms with Gasteiger partial charge in [-0.05, 0) is 13.3 Å². The number of hydrogen-bond donors (Lipinski definition) is 3. The molecule has 2 aromatic heterocycles. The molecule has 2 atom stereocenters. The van der Waals surface area contributed by atoms with Crippen LogP contribution >= 0.6 is 0 Å². The number of allylic oxidation sites excluding steroid dienone is 1. The number of nitrogens with one attached hydrogen (secondary N) is 1. The summed E-state index contributed by atoms with van der Waals surface area (Å²) in [6.45, 7) is 2.12. The fraction of sp³-hybridized carbons (Fsp3) is 0.417. The number of nitrogens with two attached hydrogens (primary N) is 1. The summed E-state index contributed by atoms with van der Waals surface area (Å²) in [5, 5.41) is 9.30. The van der Waals surface area contributed by atoms with Crippen LogP contribution in [0.25, 0.3) is 11.2 Å². The van der Waals surface area contributed by atoms with Gasteiger partial charge in [-0.15, -0.1) is 0 Å². The molecule has 19 heavy (non-hydrogen) atoms. The Morgan fingerprint density at radius 3 is 3.11 bits per heavy atom. The molecule has 7 nitrogen and oxygen atoms in total. The van der Waals surface area contributed by atoms with Crippen molar-refractivity contribution in [1.82, 2.24) is 19.5 Å². The van der Waals surface area contributed by atoms with Crippen LogP contribution in [0.3, 0.4) is 0 Å². The molecule has 0 saturated heterocycles. The molecule has 1 aliphatic carbocycles. The molecule has 0 aliphatic heterocycles. The third kappa shape index (κ3) is 1.82. The third-order valence-electron chi connectivity index (χ3n) is 3.65. The van der Waals surface area contributed by atoms with Gasteiger partial charge >= 0.3 is 0 Å². The monoisotopic (exact) mass is 261 g/mol. The maximum absolute atomic E-state index is 11.7. The van der Waals surface area contributed by atoms with E-state index in [1.165, 1.54) is 0 Å². The summed E-state index contributed by atoms with van der Waals surface area (Å²) in [6.07, 6.45) is 4.45. The first-order valence-electron chi connectivity index (χ1n) is 6.11. The standard InChI is InChI=1S/C12H15N5O2/c1-6-2-8(3-7(6)4-18)17-5-14-9-10(17)15-12(13)16-11(9)19/h2,5,7-8,18H,3-4H2,1H3,(H3,13,15,16,19)/t7-,8+/m1/s1. The van der Waals surface area contributed by atoms with Crippen LogP contribution in [0.1, 0.15) is 19.4 Å². The third-order valence-corrected chi connectivity index (χ3v) is 3.65. The first kappa shape index (κ1) is 11.9. The molecule has 0 unspecified atom stereocenters. The van der Waals surface area contributed by atoms with Gasteiger partial charge in [-0.25, -0.2) is 4.98 Å². The predicted molar refractivity (Wildman–Crippen MR) is 70.5 cm³/mol. The topological polar surface area (TPSA) is 110 Å². The van der Waals surface area contributed by atoms with Gasteiger partial charge in [-0.1, -0.05) is 11.6 Å². The van der Waals surface area contributed by atoms with E-state index in [4.69, 9.17) is 5.73 Å². The number of imidazole rings is 1.